The third-order valence-electron chi connectivity index (χ3n) is 6.56. The first-order valence-corrected chi connectivity index (χ1v) is 13.2. The molecule has 4 nitrogen and oxygen atoms in total. The zero-order valence-corrected chi connectivity index (χ0v) is 22.8. The third-order valence-corrected chi connectivity index (χ3v) is 6.56. The minimum absolute atomic E-state index is 0.143. The molecule has 1 aliphatic rings. The van der Waals surface area contributed by atoms with Crippen molar-refractivity contribution in [3.63, 3.8) is 0 Å². The first kappa shape index (κ1) is 28.4. The Morgan fingerprint density at radius 3 is 2.46 bits per heavy atom. The number of carbonyl (C=O) groups excluding carboxylic acids is 1. The number of rotatable bonds is 5. The van der Waals surface area contributed by atoms with Crippen LogP contribution in [-0.2, 0) is 35.2 Å². The second kappa shape index (κ2) is 11.6. The van der Waals surface area contributed by atoms with E-state index in [0.29, 0.717) is 35.4 Å². The van der Waals surface area contributed by atoms with E-state index in [-0.39, 0.29) is 12.6 Å². The van der Waals surface area contributed by atoms with Gasteiger partial charge in [0.05, 0.1) is 11.3 Å². The minimum Gasteiger partial charge on any atom is -0.487 e. The van der Waals surface area contributed by atoms with Crippen LogP contribution in [0.5, 0.6) is 5.75 Å². The molecule has 0 atom stereocenters. The maximum atomic E-state index is 13.6. The van der Waals surface area contributed by atoms with Gasteiger partial charge in [-0.1, -0.05) is 23.8 Å². The smallest absolute Gasteiger partial charge is 0.416 e. The zero-order chi connectivity index (χ0) is 28.2. The Morgan fingerprint density at radius 1 is 0.949 bits per heavy atom. The number of alkyl halides is 3. The average molecular weight is 538 g/mol. The second-order valence-corrected chi connectivity index (χ2v) is 11.0. The topological polar surface area (TPSA) is 48.4 Å². The lowest BCUT2D eigenvalue weighted by Gasteiger charge is -2.20. The number of hydrogen-bond acceptors (Lipinski definition) is 4. The summed E-state index contributed by atoms with van der Waals surface area (Å²) >= 11 is 0. The lowest BCUT2D eigenvalue weighted by molar-refractivity contribution is -0.148. The van der Waals surface area contributed by atoms with Crippen molar-refractivity contribution in [2.75, 3.05) is 0 Å². The lowest BCUT2D eigenvalue weighted by atomic mass is 9.88. The van der Waals surface area contributed by atoms with Gasteiger partial charge in [0, 0.05) is 17.8 Å². The van der Waals surface area contributed by atoms with Gasteiger partial charge in [0.15, 0.2) is 0 Å². The maximum absolute atomic E-state index is 13.6. The van der Waals surface area contributed by atoms with Gasteiger partial charge in [-0.05, 0) is 112 Å². The van der Waals surface area contributed by atoms with E-state index in [2.05, 4.69) is 4.98 Å². The lowest BCUT2D eigenvalue weighted by Crippen LogP contribution is -2.22. The molecule has 0 fully saturated rings. The maximum Gasteiger partial charge on any atom is 0.416 e. The van der Waals surface area contributed by atoms with Crippen LogP contribution in [0.25, 0.3) is 11.1 Å². The van der Waals surface area contributed by atoms with E-state index < -0.39 is 17.3 Å². The van der Waals surface area contributed by atoms with E-state index in [0.717, 1.165) is 48.1 Å². The molecule has 1 aliphatic carbocycles. The molecule has 7 heteroatoms. The number of ether oxygens (including phenoxy) is 2. The molecule has 2 aromatic carbocycles. The number of fused-ring (bicyclic) bond motifs is 1. The van der Waals surface area contributed by atoms with E-state index in [1.54, 1.807) is 12.3 Å². The first-order chi connectivity index (χ1) is 18.4. The van der Waals surface area contributed by atoms with Crippen LogP contribution in [0, 0.1) is 6.92 Å². The Morgan fingerprint density at radius 2 is 1.74 bits per heavy atom. The van der Waals surface area contributed by atoms with Gasteiger partial charge in [0.25, 0.3) is 0 Å². The second-order valence-electron chi connectivity index (χ2n) is 11.0. The molecule has 0 radical (unpaired) electrons. The number of esters is 1. The van der Waals surface area contributed by atoms with E-state index in [9.17, 15) is 18.0 Å². The summed E-state index contributed by atoms with van der Waals surface area (Å²) in [5.41, 5.74) is 4.73. The van der Waals surface area contributed by atoms with Gasteiger partial charge in [-0.3, -0.25) is 4.98 Å². The summed E-state index contributed by atoms with van der Waals surface area (Å²) in [6.07, 6.45) is 2.67. The molecule has 0 N–H and O–H groups in total. The van der Waals surface area contributed by atoms with E-state index in [4.69, 9.17) is 9.47 Å². The fraction of sp³-hybridized carbons (Fsp3) is 0.375. The van der Waals surface area contributed by atoms with Crippen molar-refractivity contribution < 1.29 is 27.4 Å². The molecule has 1 heterocycles. The highest BCUT2D eigenvalue weighted by Crippen LogP contribution is 2.39. The number of aromatic nitrogens is 1. The Kier molecular flexibility index (Phi) is 8.48. The SMILES string of the molecule is Cc1ccnc(COc2ccc(C(F)(F)F)cc2-c2ccc3c(c2)CC/C(=C\C(=O)OC(C)(C)C)CCC3)c1. The van der Waals surface area contributed by atoms with E-state index in [1.165, 1.54) is 11.6 Å². The molecule has 3 aromatic rings. The van der Waals surface area contributed by atoms with Crippen LogP contribution < -0.4 is 4.74 Å². The number of benzene rings is 2. The monoisotopic (exact) mass is 537 g/mol. The van der Waals surface area contributed by atoms with Gasteiger partial charge >= 0.3 is 12.1 Å². The zero-order valence-electron chi connectivity index (χ0n) is 22.8. The summed E-state index contributed by atoms with van der Waals surface area (Å²) in [7, 11) is 0. The summed E-state index contributed by atoms with van der Waals surface area (Å²) < 4.78 is 52.4. The largest absolute Gasteiger partial charge is 0.487 e. The molecule has 0 saturated carbocycles. The average Bonchev–Trinajstić information content (AvgIpc) is 2.83. The molecule has 0 bridgehead atoms. The van der Waals surface area contributed by atoms with Gasteiger partial charge in [-0.2, -0.15) is 13.2 Å². The third kappa shape index (κ3) is 7.94. The Labute approximate surface area is 227 Å². The van der Waals surface area contributed by atoms with Crippen LogP contribution in [0.4, 0.5) is 13.2 Å². The first-order valence-electron chi connectivity index (χ1n) is 13.2. The molecule has 0 unspecified atom stereocenters. The number of pyridine rings is 1. The number of halogens is 3. The van der Waals surface area contributed by atoms with Crippen LogP contribution in [0.2, 0.25) is 0 Å². The molecular formula is C32H34F3NO3. The van der Waals surface area contributed by atoms with Crippen molar-refractivity contribution in [2.45, 2.75) is 78.2 Å². The molecule has 0 saturated heterocycles. The molecule has 4 rings (SSSR count). The van der Waals surface area contributed by atoms with Gasteiger partial charge in [-0.15, -0.1) is 0 Å². The van der Waals surface area contributed by atoms with Crippen LogP contribution in [0.3, 0.4) is 0 Å². The van der Waals surface area contributed by atoms with Crippen molar-refractivity contribution in [3.8, 4) is 16.9 Å². The van der Waals surface area contributed by atoms with Crippen molar-refractivity contribution in [3.05, 3.63) is 94.3 Å². The molecule has 1 aromatic heterocycles. The quantitative estimate of drug-likeness (QED) is 0.243. The minimum atomic E-state index is -4.48. The van der Waals surface area contributed by atoms with Gasteiger partial charge < -0.3 is 9.47 Å². The van der Waals surface area contributed by atoms with Crippen LogP contribution in [0.1, 0.15) is 68.0 Å². The summed E-state index contributed by atoms with van der Waals surface area (Å²) in [4.78, 5) is 16.6. The van der Waals surface area contributed by atoms with Gasteiger partial charge in [0.1, 0.15) is 18.0 Å². The summed E-state index contributed by atoms with van der Waals surface area (Å²) in [5, 5.41) is 0. The van der Waals surface area contributed by atoms with Crippen LogP contribution >= 0.6 is 0 Å². The van der Waals surface area contributed by atoms with Gasteiger partial charge in [-0.25, -0.2) is 4.79 Å². The number of allylic oxidation sites excluding steroid dienone is 1. The number of hydrogen-bond donors (Lipinski definition) is 0. The molecule has 0 spiro atoms. The van der Waals surface area contributed by atoms with E-state index >= 15 is 0 Å². The highest BCUT2D eigenvalue weighted by atomic mass is 19.4. The molecule has 0 amide bonds. The molecular weight excluding hydrogens is 503 g/mol. The molecule has 0 aliphatic heterocycles. The summed E-state index contributed by atoms with van der Waals surface area (Å²) in [6, 6.07) is 13.2. The predicted octanol–water partition coefficient (Wildman–Crippen LogP) is 8.19. The Balaban J connectivity index is 1.63. The molecule has 39 heavy (non-hydrogen) atoms. The fourth-order valence-corrected chi connectivity index (χ4v) is 4.73. The predicted molar refractivity (Wildman–Crippen MR) is 145 cm³/mol. The van der Waals surface area contributed by atoms with Crippen LogP contribution in [0.15, 0.2) is 66.4 Å². The van der Waals surface area contributed by atoms with Crippen molar-refractivity contribution in [1.29, 1.82) is 0 Å². The summed E-state index contributed by atoms with van der Waals surface area (Å²) in [5.74, 6) is 0.0171. The molecule has 206 valence electrons. The van der Waals surface area contributed by atoms with Gasteiger partial charge in [0.2, 0.25) is 0 Å². The number of carbonyl (C=O) groups is 1. The highest BCUT2D eigenvalue weighted by Gasteiger charge is 2.31. The van der Waals surface area contributed by atoms with Crippen molar-refractivity contribution >= 4 is 5.97 Å². The Bertz CT molecular complexity index is 1370. The standard InChI is InChI=1S/C32H34F3NO3/c1-21-14-15-36-27(16-21)20-38-29-13-12-26(32(33,34)35)19-28(29)25-11-10-23-7-5-6-22(8-9-24(23)18-25)17-30(37)39-31(2,3)4/h10-19H,5-9,20H2,1-4H3/b22-17-. The van der Waals surface area contributed by atoms with Crippen LogP contribution in [-0.4, -0.2) is 16.6 Å². The highest BCUT2D eigenvalue weighted by molar-refractivity contribution is 5.83. The van der Waals surface area contributed by atoms with Crippen molar-refractivity contribution in [1.82, 2.24) is 4.98 Å². The van der Waals surface area contributed by atoms with E-state index in [1.807, 2.05) is 58.0 Å². The Hall–Kier alpha value is -3.61. The number of nitrogens with zero attached hydrogens (tertiary/aromatic N) is 1. The summed E-state index contributed by atoms with van der Waals surface area (Å²) in [6.45, 7) is 7.60. The normalized spacial score (nSPS) is 15.3. The number of aryl methyl sites for hydroxylation is 3. The van der Waals surface area contributed by atoms with Crippen molar-refractivity contribution in [2.24, 2.45) is 0 Å². The fourth-order valence-electron chi connectivity index (χ4n) is 4.73.